The Bertz CT molecular complexity index is 800. The maximum Gasteiger partial charge on any atom is 0.128 e. The van der Waals surface area contributed by atoms with Gasteiger partial charge in [0.15, 0.2) is 0 Å². The van der Waals surface area contributed by atoms with Crippen LogP contribution in [0.2, 0.25) is 5.02 Å². The Balaban J connectivity index is 1.85. The predicted octanol–water partition coefficient (Wildman–Crippen LogP) is 4.82. The molecule has 1 aromatic heterocycles. The van der Waals surface area contributed by atoms with E-state index >= 15 is 0 Å². The van der Waals surface area contributed by atoms with Crippen LogP contribution in [0.25, 0.3) is 10.9 Å². The van der Waals surface area contributed by atoms with E-state index in [0.717, 1.165) is 22.5 Å². The minimum Gasteiger partial charge on any atom is -0.497 e. The van der Waals surface area contributed by atoms with Gasteiger partial charge in [0.1, 0.15) is 11.6 Å². The largest absolute Gasteiger partial charge is 0.497 e. The van der Waals surface area contributed by atoms with Crippen molar-refractivity contribution >= 4 is 28.3 Å². The maximum atomic E-state index is 6.34. The fraction of sp³-hybridized carbons (Fsp3) is 0.167. The molecule has 0 unspecified atom stereocenters. The summed E-state index contributed by atoms with van der Waals surface area (Å²) in [5.41, 5.74) is 3.27. The minimum atomic E-state index is 0.680. The van der Waals surface area contributed by atoms with E-state index in [0.29, 0.717) is 11.6 Å². The lowest BCUT2D eigenvalue weighted by Gasteiger charge is -2.09. The molecule has 0 saturated carbocycles. The number of hydrogen-bond acceptors (Lipinski definition) is 3. The van der Waals surface area contributed by atoms with Crippen LogP contribution in [0.4, 0.5) is 5.82 Å². The van der Waals surface area contributed by atoms with E-state index in [1.54, 1.807) is 7.11 Å². The molecular formula is C18H17ClN2O. The van der Waals surface area contributed by atoms with E-state index in [-0.39, 0.29) is 0 Å². The van der Waals surface area contributed by atoms with Crippen molar-refractivity contribution in [2.75, 3.05) is 12.4 Å². The van der Waals surface area contributed by atoms with Gasteiger partial charge >= 0.3 is 0 Å². The zero-order valence-electron chi connectivity index (χ0n) is 12.6. The van der Waals surface area contributed by atoms with Crippen LogP contribution in [0.1, 0.15) is 11.1 Å². The van der Waals surface area contributed by atoms with Crippen molar-refractivity contribution in [1.29, 1.82) is 0 Å². The number of aromatic nitrogens is 1. The Kier molecular flexibility index (Phi) is 4.16. The third-order valence-corrected chi connectivity index (χ3v) is 3.87. The lowest BCUT2D eigenvalue weighted by atomic mass is 10.1. The monoisotopic (exact) mass is 312 g/mol. The molecular weight excluding hydrogens is 296 g/mol. The fourth-order valence-electron chi connectivity index (χ4n) is 2.28. The summed E-state index contributed by atoms with van der Waals surface area (Å²) >= 11 is 6.34. The number of nitrogens with one attached hydrogen (secondary N) is 1. The highest BCUT2D eigenvalue weighted by atomic mass is 35.5. The van der Waals surface area contributed by atoms with Crippen molar-refractivity contribution in [3.05, 3.63) is 64.7 Å². The van der Waals surface area contributed by atoms with Gasteiger partial charge in [-0.2, -0.15) is 0 Å². The Morgan fingerprint density at radius 2 is 1.86 bits per heavy atom. The summed E-state index contributed by atoms with van der Waals surface area (Å²) in [6.45, 7) is 2.79. The molecule has 0 aliphatic carbocycles. The molecule has 3 rings (SSSR count). The third-order valence-electron chi connectivity index (χ3n) is 3.56. The number of hydrogen-bond donors (Lipinski definition) is 1. The number of halogens is 1. The summed E-state index contributed by atoms with van der Waals surface area (Å²) in [7, 11) is 1.64. The number of nitrogens with zero attached hydrogens (tertiary/aromatic N) is 1. The maximum absolute atomic E-state index is 6.34. The lowest BCUT2D eigenvalue weighted by molar-refractivity contribution is 0.415. The Hall–Kier alpha value is -2.26. The summed E-state index contributed by atoms with van der Waals surface area (Å²) < 4.78 is 5.24. The molecule has 0 aliphatic rings. The van der Waals surface area contributed by atoms with Gasteiger partial charge < -0.3 is 10.1 Å². The SMILES string of the molecule is COc1ccc2c(Cl)cc(NCc3ccc(C)cc3)nc2c1. The summed E-state index contributed by atoms with van der Waals surface area (Å²) in [5, 5.41) is 4.91. The molecule has 112 valence electrons. The number of ether oxygens (including phenoxy) is 1. The van der Waals surface area contributed by atoms with E-state index in [1.165, 1.54) is 11.1 Å². The fourth-order valence-corrected chi connectivity index (χ4v) is 2.54. The van der Waals surface area contributed by atoms with Crippen LogP contribution in [0.5, 0.6) is 5.75 Å². The number of pyridine rings is 1. The highest BCUT2D eigenvalue weighted by Gasteiger charge is 2.05. The normalized spacial score (nSPS) is 10.7. The number of rotatable bonds is 4. The van der Waals surface area contributed by atoms with Crippen LogP contribution in [-0.4, -0.2) is 12.1 Å². The van der Waals surface area contributed by atoms with Crippen molar-refractivity contribution < 1.29 is 4.74 Å². The van der Waals surface area contributed by atoms with Crippen molar-refractivity contribution in [2.24, 2.45) is 0 Å². The molecule has 0 amide bonds. The molecule has 3 nitrogen and oxygen atoms in total. The zero-order chi connectivity index (χ0) is 15.5. The van der Waals surface area contributed by atoms with Gasteiger partial charge in [-0.15, -0.1) is 0 Å². The second kappa shape index (κ2) is 6.24. The van der Waals surface area contributed by atoms with Gasteiger partial charge in [-0.1, -0.05) is 41.4 Å². The number of fused-ring (bicyclic) bond motifs is 1. The first-order valence-corrected chi connectivity index (χ1v) is 7.47. The quantitative estimate of drug-likeness (QED) is 0.750. The molecule has 0 bridgehead atoms. The van der Waals surface area contributed by atoms with Crippen LogP contribution in [-0.2, 0) is 6.54 Å². The molecule has 0 atom stereocenters. The van der Waals surface area contributed by atoms with E-state index < -0.39 is 0 Å². The Morgan fingerprint density at radius 1 is 1.09 bits per heavy atom. The Morgan fingerprint density at radius 3 is 2.59 bits per heavy atom. The van der Waals surface area contributed by atoms with Crippen molar-refractivity contribution in [3.63, 3.8) is 0 Å². The van der Waals surface area contributed by atoms with E-state index in [9.17, 15) is 0 Å². The molecule has 0 fully saturated rings. The smallest absolute Gasteiger partial charge is 0.128 e. The van der Waals surface area contributed by atoms with Crippen molar-refractivity contribution in [3.8, 4) is 5.75 Å². The molecule has 4 heteroatoms. The van der Waals surface area contributed by atoms with Gasteiger partial charge in [-0.25, -0.2) is 4.98 Å². The lowest BCUT2D eigenvalue weighted by Crippen LogP contribution is -2.01. The molecule has 1 heterocycles. The Labute approximate surface area is 134 Å². The van der Waals surface area contributed by atoms with Gasteiger partial charge in [0.25, 0.3) is 0 Å². The average Bonchev–Trinajstić information content (AvgIpc) is 2.54. The van der Waals surface area contributed by atoms with E-state index in [4.69, 9.17) is 16.3 Å². The summed E-state index contributed by atoms with van der Waals surface area (Å²) in [6.07, 6.45) is 0. The van der Waals surface area contributed by atoms with E-state index in [2.05, 4.69) is 41.5 Å². The number of aryl methyl sites for hydroxylation is 1. The standard InChI is InChI=1S/C18H17ClN2O/c1-12-3-5-13(6-4-12)11-20-18-10-16(19)15-8-7-14(22-2)9-17(15)21-18/h3-10H,11H2,1-2H3,(H,20,21). The molecule has 2 aromatic carbocycles. The summed E-state index contributed by atoms with van der Waals surface area (Å²) in [4.78, 5) is 4.60. The highest BCUT2D eigenvalue weighted by molar-refractivity contribution is 6.35. The zero-order valence-corrected chi connectivity index (χ0v) is 13.3. The van der Waals surface area contributed by atoms with Crippen LogP contribution in [0.3, 0.4) is 0 Å². The number of anilines is 1. The third kappa shape index (κ3) is 3.15. The number of benzene rings is 2. The first-order chi connectivity index (χ1) is 10.7. The second-order valence-electron chi connectivity index (χ2n) is 5.21. The summed E-state index contributed by atoms with van der Waals surface area (Å²) in [5.74, 6) is 1.53. The van der Waals surface area contributed by atoms with Gasteiger partial charge in [-0.05, 0) is 30.7 Å². The molecule has 1 N–H and O–H groups in total. The van der Waals surface area contributed by atoms with Gasteiger partial charge in [-0.3, -0.25) is 0 Å². The van der Waals surface area contributed by atoms with Crippen LogP contribution in [0.15, 0.2) is 48.5 Å². The van der Waals surface area contributed by atoms with Gasteiger partial charge in [0.05, 0.1) is 17.6 Å². The molecule has 22 heavy (non-hydrogen) atoms. The molecule has 0 aliphatic heterocycles. The van der Waals surface area contributed by atoms with Crippen molar-refractivity contribution in [1.82, 2.24) is 4.98 Å². The summed E-state index contributed by atoms with van der Waals surface area (Å²) in [6, 6.07) is 16.0. The second-order valence-corrected chi connectivity index (χ2v) is 5.62. The minimum absolute atomic E-state index is 0.680. The van der Waals surface area contributed by atoms with E-state index in [1.807, 2.05) is 24.3 Å². The molecule has 0 spiro atoms. The first-order valence-electron chi connectivity index (χ1n) is 7.09. The number of methoxy groups -OCH3 is 1. The van der Waals surface area contributed by atoms with Gasteiger partial charge in [0.2, 0.25) is 0 Å². The van der Waals surface area contributed by atoms with Crippen LogP contribution < -0.4 is 10.1 Å². The first kappa shape index (κ1) is 14.7. The topological polar surface area (TPSA) is 34.1 Å². The molecule has 3 aromatic rings. The van der Waals surface area contributed by atoms with Crippen LogP contribution in [0, 0.1) is 6.92 Å². The molecule has 0 saturated heterocycles. The van der Waals surface area contributed by atoms with Gasteiger partial charge in [0, 0.05) is 18.0 Å². The highest BCUT2D eigenvalue weighted by Crippen LogP contribution is 2.28. The van der Waals surface area contributed by atoms with Crippen molar-refractivity contribution in [2.45, 2.75) is 13.5 Å². The average molecular weight is 313 g/mol. The van der Waals surface area contributed by atoms with Crippen LogP contribution >= 0.6 is 11.6 Å². The predicted molar refractivity (Wildman–Crippen MR) is 91.8 cm³/mol. The molecule has 0 radical (unpaired) electrons.